The number of aliphatic carboxylic acids is 1. The van der Waals surface area contributed by atoms with Gasteiger partial charge in [0, 0.05) is 26.7 Å². The lowest BCUT2D eigenvalue weighted by molar-refractivity contribution is -0.139. The zero-order valence-electron chi connectivity index (χ0n) is 10.6. The van der Waals surface area contributed by atoms with Gasteiger partial charge in [-0.1, -0.05) is 0 Å². The summed E-state index contributed by atoms with van der Waals surface area (Å²) in [4.78, 5) is 17.9. The first-order valence-corrected chi connectivity index (χ1v) is 7.05. The number of aromatic nitrogens is 2. The largest absolute Gasteiger partial charge is 0.481 e. The van der Waals surface area contributed by atoms with Gasteiger partial charge in [0.15, 0.2) is 0 Å². The number of fused-ring (bicyclic) bond motifs is 1. The van der Waals surface area contributed by atoms with Crippen LogP contribution in [0.3, 0.4) is 0 Å². The summed E-state index contributed by atoms with van der Waals surface area (Å²) in [6.07, 6.45) is 1.70. The minimum absolute atomic E-state index is 0.491. The third-order valence-corrected chi connectivity index (χ3v) is 4.22. The van der Waals surface area contributed by atoms with E-state index in [1.807, 2.05) is 17.0 Å². The van der Waals surface area contributed by atoms with E-state index in [0.29, 0.717) is 6.54 Å². The maximum Gasteiger partial charge on any atom is 0.313 e. The molecule has 0 saturated heterocycles. The van der Waals surface area contributed by atoms with Gasteiger partial charge >= 0.3 is 5.97 Å². The molecule has 1 atom stereocenters. The normalized spacial score (nSPS) is 19.3. The summed E-state index contributed by atoms with van der Waals surface area (Å²) in [6, 6.07) is 2.08. The van der Waals surface area contributed by atoms with Crippen molar-refractivity contribution in [2.45, 2.75) is 19.0 Å². The Kier molecular flexibility index (Phi) is 3.12. The second-order valence-corrected chi connectivity index (χ2v) is 5.66. The number of hydrogen-bond donors (Lipinski definition) is 1. The number of aryl methyl sites for hydroxylation is 1. The molecule has 1 aliphatic rings. The summed E-state index contributed by atoms with van der Waals surface area (Å²) in [7, 11) is 1.86. The van der Waals surface area contributed by atoms with E-state index >= 15 is 0 Å². The lowest BCUT2D eigenvalue weighted by atomic mass is 9.98. The first-order chi connectivity index (χ1) is 9.15. The minimum atomic E-state index is -0.778. The van der Waals surface area contributed by atoms with E-state index in [-0.39, 0.29) is 0 Å². The molecule has 0 aromatic carbocycles. The molecule has 6 heteroatoms. The van der Waals surface area contributed by atoms with Crippen LogP contribution in [0.4, 0.5) is 0 Å². The Morgan fingerprint density at radius 1 is 1.63 bits per heavy atom. The molecule has 100 valence electrons. The summed E-state index contributed by atoms with van der Waals surface area (Å²) < 4.78 is 1.83. The van der Waals surface area contributed by atoms with Crippen molar-refractivity contribution in [3.8, 4) is 0 Å². The molecule has 1 N–H and O–H groups in total. The highest BCUT2D eigenvalue weighted by atomic mass is 32.1. The van der Waals surface area contributed by atoms with Crippen LogP contribution in [0.15, 0.2) is 23.2 Å². The fraction of sp³-hybridized carbons (Fsp3) is 0.385. The number of carboxylic acid groups (broad SMARTS) is 1. The Labute approximate surface area is 115 Å². The highest BCUT2D eigenvalue weighted by molar-refractivity contribution is 7.07. The van der Waals surface area contributed by atoms with Gasteiger partial charge in [-0.05, 0) is 22.4 Å². The van der Waals surface area contributed by atoms with Crippen LogP contribution < -0.4 is 0 Å². The smallest absolute Gasteiger partial charge is 0.313 e. The zero-order valence-corrected chi connectivity index (χ0v) is 11.4. The van der Waals surface area contributed by atoms with Crippen LogP contribution in [0.25, 0.3) is 0 Å². The van der Waals surface area contributed by atoms with E-state index in [2.05, 4.69) is 21.3 Å². The van der Waals surface area contributed by atoms with Crippen molar-refractivity contribution in [1.29, 1.82) is 0 Å². The maximum absolute atomic E-state index is 11.4. The Morgan fingerprint density at radius 2 is 2.47 bits per heavy atom. The fourth-order valence-electron chi connectivity index (χ4n) is 2.63. The van der Waals surface area contributed by atoms with Crippen molar-refractivity contribution in [3.05, 3.63) is 40.1 Å². The monoisotopic (exact) mass is 277 g/mol. The third-order valence-electron chi connectivity index (χ3n) is 3.49. The lowest BCUT2D eigenvalue weighted by Gasteiger charge is -2.30. The van der Waals surface area contributed by atoms with E-state index < -0.39 is 11.9 Å². The van der Waals surface area contributed by atoms with Crippen molar-refractivity contribution in [1.82, 2.24) is 14.5 Å². The predicted molar refractivity (Wildman–Crippen MR) is 72.0 cm³/mol. The Hall–Kier alpha value is -1.66. The van der Waals surface area contributed by atoms with E-state index in [4.69, 9.17) is 0 Å². The topological polar surface area (TPSA) is 58.4 Å². The quantitative estimate of drug-likeness (QED) is 0.927. The lowest BCUT2D eigenvalue weighted by Crippen LogP contribution is -2.37. The van der Waals surface area contributed by atoms with Gasteiger partial charge in [-0.25, -0.2) is 4.98 Å². The Bertz CT molecular complexity index is 591. The van der Waals surface area contributed by atoms with Gasteiger partial charge in [0.25, 0.3) is 0 Å². The number of nitrogens with zero attached hydrogens (tertiary/aromatic N) is 3. The van der Waals surface area contributed by atoms with Crippen LogP contribution in [-0.2, 0) is 24.9 Å². The molecule has 0 amide bonds. The van der Waals surface area contributed by atoms with Crippen LogP contribution in [0.2, 0.25) is 0 Å². The average molecular weight is 277 g/mol. The van der Waals surface area contributed by atoms with Gasteiger partial charge in [0.1, 0.15) is 5.92 Å². The molecule has 0 fully saturated rings. The molecular weight excluding hydrogens is 262 g/mol. The van der Waals surface area contributed by atoms with E-state index in [1.54, 1.807) is 17.7 Å². The maximum atomic E-state index is 11.4. The summed E-state index contributed by atoms with van der Waals surface area (Å²) >= 11 is 1.66. The van der Waals surface area contributed by atoms with Crippen LogP contribution in [0.5, 0.6) is 0 Å². The summed E-state index contributed by atoms with van der Waals surface area (Å²) in [5.41, 5.74) is 2.96. The van der Waals surface area contributed by atoms with Crippen molar-refractivity contribution in [2.24, 2.45) is 7.05 Å². The molecule has 0 radical (unpaired) electrons. The molecule has 1 aliphatic heterocycles. The van der Waals surface area contributed by atoms with E-state index in [9.17, 15) is 9.90 Å². The molecular formula is C13H15N3O2S. The number of carbonyl (C=O) groups is 1. The van der Waals surface area contributed by atoms with Gasteiger partial charge < -0.3 is 9.67 Å². The summed E-state index contributed by atoms with van der Waals surface area (Å²) in [6.45, 7) is 2.04. The molecule has 3 rings (SSSR count). The minimum Gasteiger partial charge on any atom is -0.481 e. The first kappa shape index (κ1) is 12.4. The number of thiophene rings is 1. The highest BCUT2D eigenvalue weighted by Gasteiger charge is 2.33. The predicted octanol–water partition coefficient (Wildman–Crippen LogP) is 1.67. The number of imidazole rings is 1. The van der Waals surface area contributed by atoms with Crippen LogP contribution in [-0.4, -0.2) is 32.1 Å². The average Bonchev–Trinajstić information content (AvgIpc) is 2.99. The van der Waals surface area contributed by atoms with Crippen LogP contribution >= 0.6 is 11.3 Å². The van der Waals surface area contributed by atoms with Gasteiger partial charge in [0.2, 0.25) is 0 Å². The molecule has 5 nitrogen and oxygen atoms in total. The van der Waals surface area contributed by atoms with Crippen molar-refractivity contribution < 1.29 is 9.90 Å². The Balaban J connectivity index is 1.86. The zero-order chi connectivity index (χ0) is 13.4. The number of rotatable bonds is 3. The number of hydrogen-bond acceptors (Lipinski definition) is 4. The number of carboxylic acids is 1. The first-order valence-electron chi connectivity index (χ1n) is 6.11. The summed E-state index contributed by atoms with van der Waals surface area (Å²) in [5, 5.41) is 13.5. The van der Waals surface area contributed by atoms with E-state index in [1.165, 1.54) is 5.56 Å². The summed E-state index contributed by atoms with van der Waals surface area (Å²) in [5.74, 6) is -1.27. The third kappa shape index (κ3) is 2.29. The highest BCUT2D eigenvalue weighted by Crippen LogP contribution is 2.28. The fourth-order valence-corrected chi connectivity index (χ4v) is 3.29. The van der Waals surface area contributed by atoms with Gasteiger partial charge in [-0.2, -0.15) is 11.3 Å². The Morgan fingerprint density at radius 3 is 3.16 bits per heavy atom. The van der Waals surface area contributed by atoms with Gasteiger partial charge in [-0.3, -0.25) is 9.69 Å². The van der Waals surface area contributed by atoms with E-state index in [0.717, 1.165) is 24.5 Å². The van der Waals surface area contributed by atoms with Crippen molar-refractivity contribution in [2.75, 3.05) is 6.54 Å². The van der Waals surface area contributed by atoms with Crippen LogP contribution in [0, 0.1) is 0 Å². The molecule has 0 saturated carbocycles. The van der Waals surface area contributed by atoms with Crippen molar-refractivity contribution in [3.63, 3.8) is 0 Å². The van der Waals surface area contributed by atoms with Crippen LogP contribution in [0.1, 0.15) is 22.9 Å². The molecule has 2 aromatic heterocycles. The second-order valence-electron chi connectivity index (χ2n) is 4.88. The second kappa shape index (κ2) is 4.79. The molecule has 0 aliphatic carbocycles. The molecule has 0 bridgehead atoms. The molecule has 1 unspecified atom stereocenters. The molecule has 3 heterocycles. The molecule has 2 aromatic rings. The SMILES string of the molecule is Cn1cnc2c1C(C(=O)O)CN(Cc1ccsc1)C2. The van der Waals surface area contributed by atoms with Gasteiger partial charge in [-0.15, -0.1) is 0 Å². The molecule has 19 heavy (non-hydrogen) atoms. The van der Waals surface area contributed by atoms with Crippen molar-refractivity contribution >= 4 is 17.3 Å². The van der Waals surface area contributed by atoms with Gasteiger partial charge in [0.05, 0.1) is 17.7 Å². The standard InChI is InChI=1S/C13H15N3O2S/c1-15-8-14-11-6-16(4-9-2-3-19-7-9)5-10(12(11)15)13(17)18/h2-3,7-8,10H,4-6H2,1H3,(H,17,18). The molecule has 0 spiro atoms.